The van der Waals surface area contributed by atoms with Crippen molar-refractivity contribution in [3.63, 3.8) is 0 Å². The van der Waals surface area contributed by atoms with Crippen molar-refractivity contribution in [3.05, 3.63) is 70.2 Å². The van der Waals surface area contributed by atoms with Gasteiger partial charge in [-0.25, -0.2) is 4.79 Å². The van der Waals surface area contributed by atoms with Crippen LogP contribution in [0.4, 0.5) is 0 Å². The molecule has 0 spiro atoms. The van der Waals surface area contributed by atoms with Gasteiger partial charge in [-0.05, 0) is 54.9 Å². The molecule has 1 saturated heterocycles. The van der Waals surface area contributed by atoms with E-state index in [1.165, 1.54) is 11.1 Å². The van der Waals surface area contributed by atoms with Gasteiger partial charge in [-0.15, -0.1) is 0 Å². The normalized spacial score (nSPS) is 24.5. The van der Waals surface area contributed by atoms with E-state index in [1.807, 2.05) is 30.3 Å². The summed E-state index contributed by atoms with van der Waals surface area (Å²) in [6.45, 7) is 0. The molecule has 140 valence electrons. The van der Waals surface area contributed by atoms with Gasteiger partial charge in [-0.3, -0.25) is 4.79 Å². The number of rotatable bonds is 3. The minimum atomic E-state index is -0.936. The highest BCUT2D eigenvalue weighted by Gasteiger charge is 2.44. The van der Waals surface area contributed by atoms with Crippen LogP contribution in [0.2, 0.25) is 5.02 Å². The lowest BCUT2D eigenvalue weighted by Gasteiger charge is -2.34. The zero-order chi connectivity index (χ0) is 19.0. The third-order valence-corrected chi connectivity index (χ3v) is 6.23. The van der Waals surface area contributed by atoms with Crippen LogP contribution in [0.5, 0.6) is 0 Å². The number of aliphatic carboxylic acids is 1. The first kappa shape index (κ1) is 18.1. The number of hydrogen-bond acceptors (Lipinski definition) is 2. The van der Waals surface area contributed by atoms with E-state index in [1.54, 1.807) is 11.0 Å². The Morgan fingerprint density at radius 2 is 1.67 bits per heavy atom. The molecular weight excluding hydrogens is 362 g/mol. The van der Waals surface area contributed by atoms with Crippen molar-refractivity contribution in [1.82, 2.24) is 4.90 Å². The second-order valence-corrected chi connectivity index (χ2v) is 7.83. The van der Waals surface area contributed by atoms with Gasteiger partial charge < -0.3 is 10.0 Å². The van der Waals surface area contributed by atoms with Crippen LogP contribution in [0, 0.1) is 5.92 Å². The quantitative estimate of drug-likeness (QED) is 0.861. The van der Waals surface area contributed by atoms with Crippen molar-refractivity contribution in [2.75, 3.05) is 0 Å². The Labute approximate surface area is 163 Å². The maximum atomic E-state index is 13.4. The number of nitrogens with zero attached hydrogens (tertiary/aromatic N) is 1. The summed E-state index contributed by atoms with van der Waals surface area (Å²) < 4.78 is 0. The monoisotopic (exact) mass is 383 g/mol. The molecule has 1 aliphatic carbocycles. The molecule has 2 aromatic rings. The van der Waals surface area contributed by atoms with Crippen molar-refractivity contribution < 1.29 is 14.7 Å². The first-order valence-corrected chi connectivity index (χ1v) is 9.80. The molecule has 1 fully saturated rings. The topological polar surface area (TPSA) is 57.6 Å². The number of aryl methyl sites for hydroxylation is 1. The number of carboxylic acid groups (broad SMARTS) is 1. The summed E-state index contributed by atoms with van der Waals surface area (Å²) in [5.74, 6) is -1.17. The van der Waals surface area contributed by atoms with Crippen molar-refractivity contribution >= 4 is 23.5 Å². The Bertz CT molecular complexity index is 881. The summed E-state index contributed by atoms with van der Waals surface area (Å²) in [5.41, 5.74) is 3.33. The summed E-state index contributed by atoms with van der Waals surface area (Å²) in [4.78, 5) is 26.9. The van der Waals surface area contributed by atoms with Gasteiger partial charge in [0.05, 0.1) is 6.04 Å². The molecule has 1 heterocycles. The Morgan fingerprint density at radius 3 is 2.41 bits per heavy atom. The van der Waals surface area contributed by atoms with E-state index in [-0.39, 0.29) is 17.9 Å². The SMILES string of the molecule is O=C(O)[C@@H]1CC[C@H](c2ccccc2Cl)N1C(=O)C1CCc2ccccc2C1. The average molecular weight is 384 g/mol. The Morgan fingerprint density at radius 1 is 0.963 bits per heavy atom. The van der Waals surface area contributed by atoms with E-state index in [0.717, 1.165) is 18.4 Å². The van der Waals surface area contributed by atoms with Gasteiger partial charge in [0, 0.05) is 10.9 Å². The Kier molecular flexibility index (Phi) is 4.92. The van der Waals surface area contributed by atoms with Crippen LogP contribution < -0.4 is 0 Å². The molecule has 1 amide bonds. The molecule has 27 heavy (non-hydrogen) atoms. The molecule has 1 N–H and O–H groups in total. The number of carbonyl (C=O) groups is 2. The van der Waals surface area contributed by atoms with Crippen LogP contribution >= 0.6 is 11.6 Å². The van der Waals surface area contributed by atoms with Gasteiger partial charge in [0.2, 0.25) is 5.91 Å². The van der Waals surface area contributed by atoms with Crippen molar-refractivity contribution in [2.45, 2.75) is 44.2 Å². The van der Waals surface area contributed by atoms with Crippen molar-refractivity contribution in [3.8, 4) is 0 Å². The lowest BCUT2D eigenvalue weighted by atomic mass is 9.83. The first-order valence-electron chi connectivity index (χ1n) is 9.42. The van der Waals surface area contributed by atoms with Crippen LogP contribution in [0.25, 0.3) is 0 Å². The van der Waals surface area contributed by atoms with E-state index in [9.17, 15) is 14.7 Å². The van der Waals surface area contributed by atoms with Gasteiger partial charge in [-0.1, -0.05) is 54.1 Å². The largest absolute Gasteiger partial charge is 0.480 e. The first-order chi connectivity index (χ1) is 13.1. The number of carbonyl (C=O) groups excluding carboxylic acids is 1. The standard InChI is InChI=1S/C22H22ClNO3/c23-18-8-4-3-7-17(18)19-11-12-20(22(26)27)24(19)21(25)16-10-9-14-5-1-2-6-15(14)13-16/h1-8,16,19-20H,9-13H2,(H,26,27)/t16?,19-,20+/m1/s1. The minimum absolute atomic E-state index is 0.0562. The molecule has 3 atom stereocenters. The molecule has 5 heteroatoms. The number of hydrogen-bond donors (Lipinski definition) is 1. The van der Waals surface area contributed by atoms with Gasteiger partial charge >= 0.3 is 5.97 Å². The van der Waals surface area contributed by atoms with Crippen LogP contribution in [-0.2, 0) is 22.4 Å². The van der Waals surface area contributed by atoms with Crippen molar-refractivity contribution in [2.24, 2.45) is 5.92 Å². The lowest BCUT2D eigenvalue weighted by molar-refractivity contribution is -0.151. The minimum Gasteiger partial charge on any atom is -0.480 e. The number of likely N-dealkylation sites (tertiary alicyclic amines) is 1. The molecule has 1 unspecified atom stereocenters. The summed E-state index contributed by atoms with van der Waals surface area (Å²) in [7, 11) is 0. The number of fused-ring (bicyclic) bond motifs is 1. The third kappa shape index (κ3) is 3.34. The highest BCUT2D eigenvalue weighted by Crippen LogP contribution is 2.41. The van der Waals surface area contributed by atoms with Gasteiger partial charge in [0.25, 0.3) is 0 Å². The predicted octanol–water partition coefficient (Wildman–Crippen LogP) is 4.26. The van der Waals surface area contributed by atoms with Crippen LogP contribution in [0.1, 0.15) is 42.0 Å². The third-order valence-electron chi connectivity index (χ3n) is 5.88. The van der Waals surface area contributed by atoms with E-state index in [2.05, 4.69) is 12.1 Å². The van der Waals surface area contributed by atoms with E-state index in [4.69, 9.17) is 11.6 Å². The fraction of sp³-hybridized carbons (Fsp3) is 0.364. The van der Waals surface area contributed by atoms with Crippen LogP contribution in [0.15, 0.2) is 48.5 Å². The molecule has 4 rings (SSSR count). The average Bonchev–Trinajstić information content (AvgIpc) is 3.12. The number of halogens is 1. The fourth-order valence-corrected chi connectivity index (χ4v) is 4.79. The Hall–Kier alpha value is -2.33. The summed E-state index contributed by atoms with van der Waals surface area (Å²) in [5, 5.41) is 10.3. The molecule has 1 aliphatic heterocycles. The Balaban J connectivity index is 1.64. The van der Waals surface area contributed by atoms with Crippen LogP contribution in [-0.4, -0.2) is 27.9 Å². The smallest absolute Gasteiger partial charge is 0.326 e. The second kappa shape index (κ2) is 7.35. The molecule has 0 bridgehead atoms. The molecular formula is C22H22ClNO3. The molecule has 2 aliphatic rings. The number of amides is 1. The van der Waals surface area contributed by atoms with Crippen LogP contribution in [0.3, 0.4) is 0 Å². The molecule has 4 nitrogen and oxygen atoms in total. The number of carboxylic acids is 1. The predicted molar refractivity (Wildman–Crippen MR) is 104 cm³/mol. The molecule has 0 aromatic heterocycles. The van der Waals surface area contributed by atoms with Gasteiger partial charge in [-0.2, -0.15) is 0 Å². The highest BCUT2D eigenvalue weighted by molar-refractivity contribution is 6.31. The van der Waals surface area contributed by atoms with E-state index >= 15 is 0 Å². The van der Waals surface area contributed by atoms with E-state index < -0.39 is 12.0 Å². The maximum Gasteiger partial charge on any atom is 0.326 e. The fourth-order valence-electron chi connectivity index (χ4n) is 4.53. The zero-order valence-electron chi connectivity index (χ0n) is 15.0. The lowest BCUT2D eigenvalue weighted by Crippen LogP contribution is -2.45. The molecule has 2 aromatic carbocycles. The van der Waals surface area contributed by atoms with E-state index in [0.29, 0.717) is 24.3 Å². The molecule has 0 saturated carbocycles. The number of benzene rings is 2. The van der Waals surface area contributed by atoms with Crippen molar-refractivity contribution in [1.29, 1.82) is 0 Å². The van der Waals surface area contributed by atoms with Gasteiger partial charge in [0.15, 0.2) is 0 Å². The summed E-state index contributed by atoms with van der Waals surface area (Å²) in [6, 6.07) is 14.6. The van der Waals surface area contributed by atoms with Gasteiger partial charge in [0.1, 0.15) is 6.04 Å². The summed E-state index contributed by atoms with van der Waals surface area (Å²) in [6.07, 6.45) is 3.37. The highest BCUT2D eigenvalue weighted by atomic mass is 35.5. The zero-order valence-corrected chi connectivity index (χ0v) is 15.7. The maximum absolute atomic E-state index is 13.4. The molecule has 0 radical (unpaired) electrons. The second-order valence-electron chi connectivity index (χ2n) is 7.42. The summed E-state index contributed by atoms with van der Waals surface area (Å²) >= 11 is 6.37.